The molecule has 0 heterocycles. The third-order valence-corrected chi connectivity index (χ3v) is 4.53. The first-order chi connectivity index (χ1) is 9.68. The molecule has 0 aliphatic rings. The van der Waals surface area contributed by atoms with E-state index in [0.717, 1.165) is 31.4 Å². The second-order valence-electron chi connectivity index (χ2n) is 4.68. The van der Waals surface area contributed by atoms with Crippen LogP contribution in [0.1, 0.15) is 17.2 Å². The van der Waals surface area contributed by atoms with E-state index in [0.29, 0.717) is 0 Å². The van der Waals surface area contributed by atoms with Crippen LogP contribution in [-0.2, 0) is 0 Å². The highest BCUT2D eigenvalue weighted by molar-refractivity contribution is 9.10. The van der Waals surface area contributed by atoms with Crippen LogP contribution in [-0.4, -0.2) is 0 Å². The molecule has 1 nitrogen and oxygen atoms in total. The minimum absolute atomic E-state index is 0.187. The molecule has 2 N–H and O–H groups in total. The molecule has 0 saturated carbocycles. The quantitative estimate of drug-likeness (QED) is 0.669. The Labute approximate surface area is 131 Å². The predicted molar refractivity (Wildman–Crippen MR) is 89.1 cm³/mol. The number of benzene rings is 3. The fraction of sp³-hybridized carbons (Fsp3) is 0.0588. The zero-order valence-corrected chi connectivity index (χ0v) is 13.0. The van der Waals surface area contributed by atoms with Crippen LogP contribution in [0.4, 0.5) is 0 Å². The Morgan fingerprint density at radius 1 is 0.800 bits per heavy atom. The van der Waals surface area contributed by atoms with Crippen molar-refractivity contribution in [3.05, 3.63) is 81.3 Å². The first kappa shape index (κ1) is 13.6. The van der Waals surface area contributed by atoms with E-state index in [1.165, 1.54) is 0 Å². The van der Waals surface area contributed by atoms with E-state index in [1.807, 2.05) is 54.6 Å². The molecule has 0 fully saturated rings. The van der Waals surface area contributed by atoms with Gasteiger partial charge in [-0.05, 0) is 28.6 Å². The monoisotopic (exact) mass is 345 g/mol. The van der Waals surface area contributed by atoms with Gasteiger partial charge in [-0.3, -0.25) is 0 Å². The molecule has 3 heteroatoms. The fourth-order valence-electron chi connectivity index (χ4n) is 2.45. The lowest BCUT2D eigenvalue weighted by Gasteiger charge is -2.17. The van der Waals surface area contributed by atoms with Crippen molar-refractivity contribution in [3.8, 4) is 0 Å². The molecular formula is C17H13BrClN. The van der Waals surface area contributed by atoms with Gasteiger partial charge >= 0.3 is 0 Å². The van der Waals surface area contributed by atoms with Gasteiger partial charge in [0.25, 0.3) is 0 Å². The van der Waals surface area contributed by atoms with Crippen molar-refractivity contribution in [1.82, 2.24) is 0 Å². The largest absolute Gasteiger partial charge is 0.320 e. The summed E-state index contributed by atoms with van der Waals surface area (Å²) in [6, 6.07) is 19.8. The molecule has 1 unspecified atom stereocenters. The molecule has 0 aromatic heterocycles. The molecule has 20 heavy (non-hydrogen) atoms. The standard InChI is InChI=1S/C17H13BrClN/c18-15-8-4-3-7-14(15)17(20)13-9-10-16(19)12-6-2-1-5-11(12)13/h1-10,17H,20H2. The topological polar surface area (TPSA) is 26.0 Å². The van der Waals surface area contributed by atoms with Gasteiger partial charge in [0, 0.05) is 14.9 Å². The average Bonchev–Trinajstić information content (AvgIpc) is 2.48. The van der Waals surface area contributed by atoms with Crippen LogP contribution in [0.25, 0.3) is 10.8 Å². The van der Waals surface area contributed by atoms with Crippen molar-refractivity contribution in [3.63, 3.8) is 0 Å². The maximum Gasteiger partial charge on any atom is 0.0568 e. The van der Waals surface area contributed by atoms with E-state index in [-0.39, 0.29) is 6.04 Å². The molecule has 0 aliphatic heterocycles. The van der Waals surface area contributed by atoms with Gasteiger partial charge < -0.3 is 5.73 Å². The SMILES string of the molecule is NC(c1ccccc1Br)c1ccc(Cl)c2ccccc12. The molecule has 0 radical (unpaired) electrons. The van der Waals surface area contributed by atoms with Gasteiger partial charge in [-0.15, -0.1) is 0 Å². The van der Waals surface area contributed by atoms with Crippen LogP contribution in [0, 0.1) is 0 Å². The lowest BCUT2D eigenvalue weighted by Crippen LogP contribution is -2.13. The van der Waals surface area contributed by atoms with Gasteiger partial charge in [0.15, 0.2) is 0 Å². The van der Waals surface area contributed by atoms with E-state index in [2.05, 4.69) is 22.0 Å². The van der Waals surface area contributed by atoms with E-state index >= 15 is 0 Å². The summed E-state index contributed by atoms with van der Waals surface area (Å²) in [6.07, 6.45) is 0. The fourth-order valence-corrected chi connectivity index (χ4v) is 3.21. The van der Waals surface area contributed by atoms with Crippen molar-refractivity contribution in [2.24, 2.45) is 5.73 Å². The van der Waals surface area contributed by atoms with Crippen molar-refractivity contribution in [2.45, 2.75) is 6.04 Å². The summed E-state index contributed by atoms with van der Waals surface area (Å²) in [7, 11) is 0. The number of hydrogen-bond acceptors (Lipinski definition) is 1. The first-order valence-electron chi connectivity index (χ1n) is 6.35. The Hall–Kier alpha value is -1.35. The second-order valence-corrected chi connectivity index (χ2v) is 5.94. The summed E-state index contributed by atoms with van der Waals surface area (Å²) in [5, 5.41) is 2.89. The Balaban J connectivity index is 2.20. The molecule has 0 spiro atoms. The van der Waals surface area contributed by atoms with Gasteiger partial charge in [0.1, 0.15) is 0 Å². The van der Waals surface area contributed by atoms with Gasteiger partial charge in [-0.25, -0.2) is 0 Å². The van der Waals surface area contributed by atoms with E-state index < -0.39 is 0 Å². The molecule has 0 amide bonds. The molecule has 3 aromatic carbocycles. The number of rotatable bonds is 2. The molecule has 0 bridgehead atoms. The van der Waals surface area contributed by atoms with Gasteiger partial charge in [0.2, 0.25) is 0 Å². The minimum Gasteiger partial charge on any atom is -0.320 e. The zero-order valence-electron chi connectivity index (χ0n) is 10.7. The zero-order chi connectivity index (χ0) is 14.1. The van der Waals surface area contributed by atoms with Crippen molar-refractivity contribution in [1.29, 1.82) is 0 Å². The van der Waals surface area contributed by atoms with E-state index in [1.54, 1.807) is 0 Å². The molecule has 0 saturated heterocycles. The average molecular weight is 347 g/mol. The van der Waals surface area contributed by atoms with Gasteiger partial charge in [-0.1, -0.05) is 76.1 Å². The Morgan fingerprint density at radius 3 is 2.20 bits per heavy atom. The number of hydrogen-bond donors (Lipinski definition) is 1. The van der Waals surface area contributed by atoms with Gasteiger partial charge in [-0.2, -0.15) is 0 Å². The highest BCUT2D eigenvalue weighted by Gasteiger charge is 2.15. The molecule has 0 aliphatic carbocycles. The number of fused-ring (bicyclic) bond motifs is 1. The van der Waals surface area contributed by atoms with Crippen LogP contribution >= 0.6 is 27.5 Å². The summed E-state index contributed by atoms with van der Waals surface area (Å²) in [5.41, 5.74) is 8.61. The molecular weight excluding hydrogens is 334 g/mol. The first-order valence-corrected chi connectivity index (χ1v) is 7.52. The van der Waals surface area contributed by atoms with Crippen molar-refractivity contribution in [2.75, 3.05) is 0 Å². The number of nitrogens with two attached hydrogens (primary N) is 1. The van der Waals surface area contributed by atoms with Crippen LogP contribution in [0.15, 0.2) is 65.1 Å². The lowest BCUT2D eigenvalue weighted by molar-refractivity contribution is 0.875. The van der Waals surface area contributed by atoms with Crippen LogP contribution in [0.5, 0.6) is 0 Å². The predicted octanol–water partition coefficient (Wildman–Crippen LogP) is 5.30. The second kappa shape index (κ2) is 5.57. The lowest BCUT2D eigenvalue weighted by atomic mass is 9.94. The van der Waals surface area contributed by atoms with E-state index in [4.69, 9.17) is 17.3 Å². The number of halogens is 2. The summed E-state index contributed by atoms with van der Waals surface area (Å²) < 4.78 is 1.02. The highest BCUT2D eigenvalue weighted by Crippen LogP contribution is 2.33. The summed E-state index contributed by atoms with van der Waals surface area (Å²) >= 11 is 9.83. The van der Waals surface area contributed by atoms with Gasteiger partial charge in [0.05, 0.1) is 6.04 Å². The van der Waals surface area contributed by atoms with Crippen molar-refractivity contribution < 1.29 is 0 Å². The normalized spacial score (nSPS) is 12.6. The Kier molecular flexibility index (Phi) is 3.79. The highest BCUT2D eigenvalue weighted by atomic mass is 79.9. The third kappa shape index (κ3) is 2.35. The van der Waals surface area contributed by atoms with Crippen LogP contribution in [0.2, 0.25) is 5.02 Å². The summed E-state index contributed by atoms with van der Waals surface area (Å²) in [6.45, 7) is 0. The minimum atomic E-state index is -0.187. The molecule has 3 aromatic rings. The molecule has 3 rings (SSSR count). The van der Waals surface area contributed by atoms with Crippen LogP contribution in [0.3, 0.4) is 0 Å². The molecule has 100 valence electrons. The van der Waals surface area contributed by atoms with Crippen LogP contribution < -0.4 is 5.73 Å². The van der Waals surface area contributed by atoms with Crippen molar-refractivity contribution >= 4 is 38.3 Å². The maximum atomic E-state index is 6.46. The van der Waals surface area contributed by atoms with E-state index in [9.17, 15) is 0 Å². The maximum absolute atomic E-state index is 6.46. The Morgan fingerprint density at radius 2 is 1.45 bits per heavy atom. The Bertz CT molecular complexity index is 770. The summed E-state index contributed by atoms with van der Waals surface area (Å²) in [5.74, 6) is 0. The smallest absolute Gasteiger partial charge is 0.0568 e. The summed E-state index contributed by atoms with van der Waals surface area (Å²) in [4.78, 5) is 0. The molecule has 1 atom stereocenters. The third-order valence-electron chi connectivity index (χ3n) is 3.48.